The number of amides is 1. The number of ether oxygens (including phenoxy) is 1. The van der Waals surface area contributed by atoms with Crippen molar-refractivity contribution in [2.75, 3.05) is 12.4 Å². The Balaban J connectivity index is 1.91. The SMILES string of the molecule is COc1ccc2oc(=O)c(C(=O)Nc3ccc(C(=O)O)cc3)cc2c1. The van der Waals surface area contributed by atoms with Crippen LogP contribution in [0.5, 0.6) is 5.75 Å². The Morgan fingerprint density at radius 1 is 1.08 bits per heavy atom. The number of hydrogen-bond donors (Lipinski definition) is 2. The monoisotopic (exact) mass is 339 g/mol. The zero-order valence-electron chi connectivity index (χ0n) is 13.1. The average Bonchev–Trinajstić information content (AvgIpc) is 2.61. The Labute approximate surface area is 141 Å². The van der Waals surface area contributed by atoms with Gasteiger partial charge in [-0.3, -0.25) is 4.79 Å². The standard InChI is InChI=1S/C18H13NO6/c1-24-13-6-7-15-11(8-13)9-14(18(23)25-15)16(20)19-12-4-2-10(3-5-12)17(21)22/h2-9H,1H3,(H,19,20)(H,21,22). The van der Waals surface area contributed by atoms with Crippen LogP contribution in [0.4, 0.5) is 5.69 Å². The van der Waals surface area contributed by atoms with E-state index in [2.05, 4.69) is 5.32 Å². The van der Waals surface area contributed by atoms with Crippen LogP contribution in [0.25, 0.3) is 11.0 Å². The lowest BCUT2D eigenvalue weighted by Gasteiger charge is -2.06. The van der Waals surface area contributed by atoms with Gasteiger partial charge >= 0.3 is 11.6 Å². The number of carbonyl (C=O) groups is 2. The van der Waals surface area contributed by atoms with Gasteiger partial charge in [-0.2, -0.15) is 0 Å². The lowest BCUT2D eigenvalue weighted by molar-refractivity contribution is 0.0696. The minimum atomic E-state index is -1.07. The molecule has 7 heteroatoms. The molecule has 0 bridgehead atoms. The number of methoxy groups -OCH3 is 1. The predicted octanol–water partition coefficient (Wildman–Crippen LogP) is 2.75. The van der Waals surface area contributed by atoms with E-state index in [-0.39, 0.29) is 11.1 Å². The summed E-state index contributed by atoms with van der Waals surface area (Å²) in [5, 5.41) is 11.9. The maximum Gasteiger partial charge on any atom is 0.349 e. The average molecular weight is 339 g/mol. The van der Waals surface area contributed by atoms with Crippen LogP contribution in [0.1, 0.15) is 20.7 Å². The highest BCUT2D eigenvalue weighted by molar-refractivity contribution is 6.05. The fraction of sp³-hybridized carbons (Fsp3) is 0.0556. The lowest BCUT2D eigenvalue weighted by Crippen LogP contribution is -2.20. The highest BCUT2D eigenvalue weighted by Crippen LogP contribution is 2.20. The second-order valence-electron chi connectivity index (χ2n) is 5.19. The predicted molar refractivity (Wildman–Crippen MR) is 90.4 cm³/mol. The van der Waals surface area contributed by atoms with E-state index in [9.17, 15) is 14.4 Å². The summed E-state index contributed by atoms with van der Waals surface area (Å²) in [7, 11) is 1.51. The Bertz CT molecular complexity index is 1020. The van der Waals surface area contributed by atoms with Crippen molar-refractivity contribution in [3.8, 4) is 5.75 Å². The van der Waals surface area contributed by atoms with Crippen LogP contribution >= 0.6 is 0 Å². The van der Waals surface area contributed by atoms with Crippen molar-refractivity contribution in [1.29, 1.82) is 0 Å². The van der Waals surface area contributed by atoms with Gasteiger partial charge in [-0.05, 0) is 48.5 Å². The van der Waals surface area contributed by atoms with E-state index in [1.807, 2.05) is 0 Å². The molecule has 25 heavy (non-hydrogen) atoms. The fourth-order valence-electron chi connectivity index (χ4n) is 2.28. The summed E-state index contributed by atoms with van der Waals surface area (Å²) < 4.78 is 10.3. The van der Waals surface area contributed by atoms with Gasteiger partial charge in [0.05, 0.1) is 12.7 Å². The molecule has 0 saturated carbocycles. The van der Waals surface area contributed by atoms with E-state index in [1.54, 1.807) is 18.2 Å². The van der Waals surface area contributed by atoms with Crippen molar-refractivity contribution in [2.24, 2.45) is 0 Å². The number of carboxylic acid groups (broad SMARTS) is 1. The number of hydrogen-bond acceptors (Lipinski definition) is 5. The molecular formula is C18H13NO6. The minimum Gasteiger partial charge on any atom is -0.497 e. The van der Waals surface area contributed by atoms with Crippen molar-refractivity contribution in [3.05, 3.63) is 70.1 Å². The quantitative estimate of drug-likeness (QED) is 0.708. The van der Waals surface area contributed by atoms with Crippen LogP contribution in [-0.2, 0) is 0 Å². The largest absolute Gasteiger partial charge is 0.497 e. The summed E-state index contributed by atoms with van der Waals surface area (Å²) in [5.41, 5.74) is -0.135. The second-order valence-corrected chi connectivity index (χ2v) is 5.19. The first-order chi connectivity index (χ1) is 12.0. The first-order valence-electron chi connectivity index (χ1n) is 7.24. The molecule has 7 nitrogen and oxygen atoms in total. The minimum absolute atomic E-state index is 0.0929. The number of aromatic carboxylic acids is 1. The first-order valence-corrected chi connectivity index (χ1v) is 7.24. The van der Waals surface area contributed by atoms with Gasteiger partial charge in [0.15, 0.2) is 0 Å². The summed E-state index contributed by atoms with van der Waals surface area (Å²) in [6.07, 6.45) is 0. The van der Waals surface area contributed by atoms with E-state index in [4.69, 9.17) is 14.3 Å². The summed E-state index contributed by atoms with van der Waals surface area (Å²) in [4.78, 5) is 35.2. The second kappa shape index (κ2) is 6.48. The molecule has 3 rings (SSSR count). The van der Waals surface area contributed by atoms with E-state index in [0.29, 0.717) is 22.4 Å². The van der Waals surface area contributed by atoms with Gasteiger partial charge in [0, 0.05) is 11.1 Å². The molecule has 1 heterocycles. The molecule has 0 atom stereocenters. The van der Waals surface area contributed by atoms with Crippen molar-refractivity contribution in [2.45, 2.75) is 0 Å². The lowest BCUT2D eigenvalue weighted by atomic mass is 10.1. The van der Waals surface area contributed by atoms with Gasteiger partial charge in [0.2, 0.25) is 0 Å². The van der Waals surface area contributed by atoms with Gasteiger partial charge in [0.1, 0.15) is 16.9 Å². The number of carbonyl (C=O) groups excluding carboxylic acids is 1. The molecule has 1 amide bonds. The molecule has 0 saturated heterocycles. The fourth-order valence-corrected chi connectivity index (χ4v) is 2.28. The molecule has 0 aliphatic heterocycles. The molecule has 0 radical (unpaired) electrons. The van der Waals surface area contributed by atoms with Crippen LogP contribution < -0.4 is 15.7 Å². The van der Waals surface area contributed by atoms with Crippen molar-refractivity contribution in [1.82, 2.24) is 0 Å². The van der Waals surface area contributed by atoms with Crippen LogP contribution in [0.2, 0.25) is 0 Å². The Hall–Kier alpha value is -3.61. The number of rotatable bonds is 4. The van der Waals surface area contributed by atoms with E-state index in [0.717, 1.165) is 0 Å². The summed E-state index contributed by atoms with van der Waals surface area (Å²) in [6, 6.07) is 11.9. The molecule has 2 N–H and O–H groups in total. The van der Waals surface area contributed by atoms with Gasteiger partial charge in [-0.1, -0.05) is 0 Å². The first kappa shape index (κ1) is 16.3. The number of fused-ring (bicyclic) bond motifs is 1. The number of anilines is 1. The molecule has 0 aliphatic carbocycles. The molecule has 0 unspecified atom stereocenters. The third kappa shape index (κ3) is 3.35. The van der Waals surface area contributed by atoms with Crippen LogP contribution in [0, 0.1) is 0 Å². The highest BCUT2D eigenvalue weighted by Gasteiger charge is 2.14. The van der Waals surface area contributed by atoms with Gasteiger partial charge < -0.3 is 19.6 Å². The zero-order chi connectivity index (χ0) is 18.0. The van der Waals surface area contributed by atoms with Gasteiger partial charge in [-0.15, -0.1) is 0 Å². The summed E-state index contributed by atoms with van der Waals surface area (Å²) in [5.74, 6) is -1.15. The smallest absolute Gasteiger partial charge is 0.349 e. The molecular weight excluding hydrogens is 326 g/mol. The Morgan fingerprint density at radius 3 is 2.44 bits per heavy atom. The zero-order valence-corrected chi connectivity index (χ0v) is 13.1. The number of benzene rings is 2. The van der Waals surface area contributed by atoms with Crippen molar-refractivity contribution < 1.29 is 23.8 Å². The van der Waals surface area contributed by atoms with Crippen molar-refractivity contribution >= 4 is 28.5 Å². The van der Waals surface area contributed by atoms with Crippen LogP contribution in [-0.4, -0.2) is 24.1 Å². The molecule has 1 aromatic heterocycles. The van der Waals surface area contributed by atoms with E-state index < -0.39 is 17.5 Å². The number of nitrogens with one attached hydrogen (secondary N) is 1. The third-order valence-electron chi connectivity index (χ3n) is 3.57. The Kier molecular flexibility index (Phi) is 4.21. The van der Waals surface area contributed by atoms with Gasteiger partial charge in [0.25, 0.3) is 5.91 Å². The summed E-state index contributed by atoms with van der Waals surface area (Å²) >= 11 is 0. The van der Waals surface area contributed by atoms with E-state index >= 15 is 0 Å². The van der Waals surface area contributed by atoms with Crippen molar-refractivity contribution in [3.63, 3.8) is 0 Å². The normalized spacial score (nSPS) is 10.4. The third-order valence-corrected chi connectivity index (χ3v) is 3.57. The molecule has 2 aromatic carbocycles. The maximum atomic E-state index is 12.3. The Morgan fingerprint density at radius 2 is 1.80 bits per heavy atom. The molecule has 0 fully saturated rings. The molecule has 3 aromatic rings. The molecule has 0 aliphatic rings. The maximum absolute atomic E-state index is 12.3. The summed E-state index contributed by atoms with van der Waals surface area (Å²) in [6.45, 7) is 0. The molecule has 0 spiro atoms. The van der Waals surface area contributed by atoms with Crippen LogP contribution in [0.15, 0.2) is 57.7 Å². The number of carboxylic acids is 1. The van der Waals surface area contributed by atoms with Crippen LogP contribution in [0.3, 0.4) is 0 Å². The molecule has 126 valence electrons. The van der Waals surface area contributed by atoms with E-state index in [1.165, 1.54) is 37.4 Å². The van der Waals surface area contributed by atoms with Gasteiger partial charge in [-0.25, -0.2) is 9.59 Å². The topological polar surface area (TPSA) is 106 Å². The highest BCUT2D eigenvalue weighted by atomic mass is 16.5.